The van der Waals surface area contributed by atoms with Crippen molar-refractivity contribution in [2.75, 3.05) is 5.32 Å². The molecule has 23 heavy (non-hydrogen) atoms. The quantitative estimate of drug-likeness (QED) is 0.658. The number of anilines is 1. The molecule has 9 nitrogen and oxygen atoms in total. The van der Waals surface area contributed by atoms with E-state index < -0.39 is 27.1 Å². The standard InChI is InChI=1S/C13H12N4O5S/c1-7(2)11-6-14-13(23-11)15-12(18)8-3-9(16(19)20)5-10(4-8)17(21)22/h3-7H,1-2H3,(H,14,15,18). The van der Waals surface area contributed by atoms with Crippen LogP contribution in [0.4, 0.5) is 16.5 Å². The van der Waals surface area contributed by atoms with Gasteiger partial charge in [-0.25, -0.2) is 4.98 Å². The van der Waals surface area contributed by atoms with E-state index in [0.29, 0.717) is 5.13 Å². The predicted molar refractivity (Wildman–Crippen MR) is 83.9 cm³/mol. The van der Waals surface area contributed by atoms with Crippen LogP contribution in [0, 0.1) is 20.2 Å². The van der Waals surface area contributed by atoms with Crippen molar-refractivity contribution in [3.8, 4) is 0 Å². The number of nitrogens with one attached hydrogen (secondary N) is 1. The molecule has 0 aliphatic rings. The molecule has 1 aromatic heterocycles. The first-order valence-corrected chi connectivity index (χ1v) is 7.30. The number of nitro groups is 2. The van der Waals surface area contributed by atoms with Crippen molar-refractivity contribution >= 4 is 33.8 Å². The van der Waals surface area contributed by atoms with Crippen LogP contribution in [0.25, 0.3) is 0 Å². The van der Waals surface area contributed by atoms with Gasteiger partial charge in [-0.15, -0.1) is 11.3 Å². The van der Waals surface area contributed by atoms with Gasteiger partial charge in [-0.05, 0) is 5.92 Å². The molecule has 2 rings (SSSR count). The lowest BCUT2D eigenvalue weighted by Gasteiger charge is -2.02. The molecular formula is C13H12N4O5S. The van der Waals surface area contributed by atoms with Crippen LogP contribution in [0.3, 0.4) is 0 Å². The monoisotopic (exact) mass is 336 g/mol. The normalized spacial score (nSPS) is 10.6. The van der Waals surface area contributed by atoms with Gasteiger partial charge < -0.3 is 0 Å². The maximum Gasteiger partial charge on any atom is 0.277 e. The van der Waals surface area contributed by atoms with Gasteiger partial charge >= 0.3 is 0 Å². The van der Waals surface area contributed by atoms with E-state index in [2.05, 4.69) is 10.3 Å². The van der Waals surface area contributed by atoms with E-state index in [1.807, 2.05) is 13.8 Å². The van der Waals surface area contributed by atoms with Crippen LogP contribution in [0.1, 0.15) is 35.0 Å². The number of thiazole rings is 1. The third-order valence-electron chi connectivity index (χ3n) is 2.90. The average Bonchev–Trinajstić information content (AvgIpc) is 2.95. The first-order chi connectivity index (χ1) is 10.8. The van der Waals surface area contributed by atoms with Crippen LogP contribution in [0.15, 0.2) is 24.4 Å². The summed E-state index contributed by atoms with van der Waals surface area (Å²) in [5.74, 6) is -0.446. The Bertz CT molecular complexity index is 754. The molecule has 0 aliphatic heterocycles. The van der Waals surface area contributed by atoms with Gasteiger partial charge in [0.2, 0.25) is 0 Å². The Morgan fingerprint density at radius 2 is 1.74 bits per heavy atom. The fraction of sp³-hybridized carbons (Fsp3) is 0.231. The van der Waals surface area contributed by atoms with E-state index in [4.69, 9.17) is 0 Å². The second kappa shape index (κ2) is 6.48. The highest BCUT2D eigenvalue weighted by Crippen LogP contribution is 2.27. The van der Waals surface area contributed by atoms with E-state index in [1.165, 1.54) is 11.3 Å². The molecule has 0 unspecified atom stereocenters. The molecule has 1 heterocycles. The molecule has 120 valence electrons. The second-order valence-corrected chi connectivity index (χ2v) is 5.99. The van der Waals surface area contributed by atoms with Gasteiger partial charge in [-0.1, -0.05) is 13.8 Å². The van der Waals surface area contributed by atoms with E-state index in [1.54, 1.807) is 6.20 Å². The molecule has 0 aliphatic carbocycles. The molecule has 0 spiro atoms. The molecule has 10 heteroatoms. The highest BCUT2D eigenvalue weighted by atomic mass is 32.1. The highest BCUT2D eigenvalue weighted by Gasteiger charge is 2.20. The Morgan fingerprint density at radius 3 is 2.17 bits per heavy atom. The summed E-state index contributed by atoms with van der Waals surface area (Å²) in [6.45, 7) is 3.95. The molecule has 1 aromatic carbocycles. The lowest BCUT2D eigenvalue weighted by atomic mass is 10.1. The van der Waals surface area contributed by atoms with Crippen molar-refractivity contribution in [2.45, 2.75) is 19.8 Å². The maximum absolute atomic E-state index is 12.2. The zero-order valence-electron chi connectivity index (χ0n) is 12.2. The number of carbonyl (C=O) groups excluding carboxylic acids is 1. The Kier molecular flexibility index (Phi) is 4.65. The van der Waals surface area contributed by atoms with Gasteiger partial charge in [0, 0.05) is 23.2 Å². The van der Waals surface area contributed by atoms with E-state index in [-0.39, 0.29) is 11.5 Å². The fourth-order valence-electron chi connectivity index (χ4n) is 1.72. The Labute approximate surface area is 134 Å². The number of hydrogen-bond donors (Lipinski definition) is 1. The van der Waals surface area contributed by atoms with E-state index >= 15 is 0 Å². The molecular weight excluding hydrogens is 324 g/mol. The largest absolute Gasteiger partial charge is 0.298 e. The zero-order chi connectivity index (χ0) is 17.1. The summed E-state index contributed by atoms with van der Waals surface area (Å²) in [4.78, 5) is 37.2. The van der Waals surface area contributed by atoms with Crippen LogP contribution in [-0.4, -0.2) is 20.7 Å². The van der Waals surface area contributed by atoms with Crippen molar-refractivity contribution < 1.29 is 14.6 Å². The predicted octanol–water partition coefficient (Wildman–Crippen LogP) is 3.34. The van der Waals surface area contributed by atoms with Crippen LogP contribution in [-0.2, 0) is 0 Å². The first kappa shape index (κ1) is 16.5. The molecule has 1 N–H and O–H groups in total. The van der Waals surface area contributed by atoms with Crippen molar-refractivity contribution in [1.29, 1.82) is 0 Å². The summed E-state index contributed by atoms with van der Waals surface area (Å²) in [5.41, 5.74) is -1.22. The molecule has 0 atom stereocenters. The van der Waals surface area contributed by atoms with Crippen molar-refractivity contribution in [3.05, 3.63) is 55.1 Å². The smallest absolute Gasteiger partial charge is 0.277 e. The van der Waals surface area contributed by atoms with Crippen LogP contribution in [0.5, 0.6) is 0 Å². The number of carbonyl (C=O) groups is 1. The number of rotatable bonds is 5. The summed E-state index contributed by atoms with van der Waals surface area (Å²) in [7, 11) is 0. The molecule has 0 saturated heterocycles. The number of hydrogen-bond acceptors (Lipinski definition) is 7. The zero-order valence-corrected chi connectivity index (χ0v) is 13.0. The van der Waals surface area contributed by atoms with Gasteiger partial charge in [0.25, 0.3) is 17.3 Å². The SMILES string of the molecule is CC(C)c1cnc(NC(=O)c2cc([N+](=O)[O-])cc([N+](=O)[O-])c2)s1. The number of nitrogens with zero attached hydrogens (tertiary/aromatic N) is 3. The third-order valence-corrected chi connectivity index (χ3v) is 4.11. The Hall–Kier alpha value is -2.88. The summed E-state index contributed by atoms with van der Waals surface area (Å²) in [5, 5.41) is 24.5. The number of aromatic nitrogens is 1. The summed E-state index contributed by atoms with van der Waals surface area (Å²) < 4.78 is 0. The number of nitro benzene ring substituents is 2. The van der Waals surface area contributed by atoms with Crippen molar-refractivity contribution in [2.24, 2.45) is 0 Å². The average molecular weight is 336 g/mol. The van der Waals surface area contributed by atoms with Crippen LogP contribution in [0.2, 0.25) is 0 Å². The van der Waals surface area contributed by atoms with Gasteiger partial charge in [0.15, 0.2) is 5.13 Å². The topological polar surface area (TPSA) is 128 Å². The minimum absolute atomic E-state index is 0.174. The highest BCUT2D eigenvalue weighted by molar-refractivity contribution is 7.15. The van der Waals surface area contributed by atoms with Gasteiger partial charge in [-0.2, -0.15) is 0 Å². The maximum atomic E-state index is 12.2. The summed E-state index contributed by atoms with van der Waals surface area (Å²) in [6, 6.07) is 2.77. The first-order valence-electron chi connectivity index (χ1n) is 6.49. The number of non-ortho nitro benzene ring substituents is 2. The van der Waals surface area contributed by atoms with Gasteiger partial charge in [-0.3, -0.25) is 30.3 Å². The van der Waals surface area contributed by atoms with Crippen LogP contribution < -0.4 is 5.32 Å². The molecule has 1 amide bonds. The number of amides is 1. The van der Waals surface area contributed by atoms with Crippen molar-refractivity contribution in [1.82, 2.24) is 4.98 Å². The third kappa shape index (κ3) is 3.86. The Morgan fingerprint density at radius 1 is 1.17 bits per heavy atom. The molecule has 0 radical (unpaired) electrons. The van der Waals surface area contributed by atoms with Gasteiger partial charge in [0.1, 0.15) is 0 Å². The van der Waals surface area contributed by atoms with Gasteiger partial charge in [0.05, 0.1) is 21.5 Å². The molecule has 0 saturated carbocycles. The Balaban J connectivity index is 2.30. The van der Waals surface area contributed by atoms with Crippen molar-refractivity contribution in [3.63, 3.8) is 0 Å². The summed E-state index contributed by atoms with van der Waals surface area (Å²) >= 11 is 1.27. The van der Waals surface area contributed by atoms with E-state index in [9.17, 15) is 25.0 Å². The molecule has 2 aromatic rings. The molecule has 0 fully saturated rings. The summed E-state index contributed by atoms with van der Waals surface area (Å²) in [6.07, 6.45) is 1.63. The molecule has 0 bridgehead atoms. The lowest BCUT2D eigenvalue weighted by molar-refractivity contribution is -0.394. The minimum atomic E-state index is -0.788. The fourth-order valence-corrected chi connectivity index (χ4v) is 2.53. The minimum Gasteiger partial charge on any atom is -0.298 e. The lowest BCUT2D eigenvalue weighted by Crippen LogP contribution is -2.12. The number of benzene rings is 1. The van der Waals surface area contributed by atoms with Crippen LogP contribution >= 0.6 is 11.3 Å². The van der Waals surface area contributed by atoms with E-state index in [0.717, 1.165) is 23.1 Å². The second-order valence-electron chi connectivity index (χ2n) is 4.93.